The lowest BCUT2D eigenvalue weighted by molar-refractivity contribution is -0.156. The summed E-state index contributed by atoms with van der Waals surface area (Å²) in [5, 5.41) is 14.8. The summed E-state index contributed by atoms with van der Waals surface area (Å²) in [5.74, 6) is -0.713. The summed E-state index contributed by atoms with van der Waals surface area (Å²) in [7, 11) is -3.96. The summed E-state index contributed by atoms with van der Waals surface area (Å²) in [6.07, 6.45) is 2.77. The maximum Gasteiger partial charge on any atom is 0.309 e. The van der Waals surface area contributed by atoms with Crippen molar-refractivity contribution in [3.8, 4) is 0 Å². The number of hydrogen-bond donors (Lipinski definition) is 2. The van der Waals surface area contributed by atoms with Crippen molar-refractivity contribution in [2.45, 2.75) is 69.6 Å². The fourth-order valence-electron chi connectivity index (χ4n) is 6.19. The number of sulfonamides is 1. The summed E-state index contributed by atoms with van der Waals surface area (Å²) < 4.78 is 28.9. The van der Waals surface area contributed by atoms with Crippen LogP contribution in [-0.2, 0) is 25.1 Å². The molecule has 2 aliphatic carbocycles. The van der Waals surface area contributed by atoms with Gasteiger partial charge in [-0.3, -0.25) is 4.79 Å². The minimum atomic E-state index is -3.96. The van der Waals surface area contributed by atoms with Crippen molar-refractivity contribution >= 4 is 60.8 Å². The lowest BCUT2D eigenvalue weighted by atomic mass is 9.49. The van der Waals surface area contributed by atoms with Gasteiger partial charge in [0.1, 0.15) is 11.5 Å². The molecule has 2 aliphatic rings. The van der Waals surface area contributed by atoms with Crippen LogP contribution in [0.1, 0.15) is 76.0 Å². The van der Waals surface area contributed by atoms with Crippen molar-refractivity contribution in [1.82, 2.24) is 4.72 Å². The van der Waals surface area contributed by atoms with Gasteiger partial charge in [0.15, 0.2) is 0 Å². The molecule has 2 N–H and O–H groups in total. The Hall–Kier alpha value is -1.65. The third-order valence-corrected chi connectivity index (χ3v) is 11.5. The second kappa shape index (κ2) is 11.3. The Morgan fingerprint density at radius 3 is 2.51 bits per heavy atom. The smallest absolute Gasteiger partial charge is 0.309 e. The molecule has 0 aromatic heterocycles. The molecule has 0 aliphatic heterocycles. The molecule has 39 heavy (non-hydrogen) atoms. The number of nitrogens with zero attached hydrogens (tertiary/aromatic N) is 1. The van der Waals surface area contributed by atoms with Crippen LogP contribution < -0.4 is 4.72 Å². The first-order chi connectivity index (χ1) is 18.2. The summed E-state index contributed by atoms with van der Waals surface area (Å²) in [6.45, 7) is 8.15. The number of carbonyl (C=O) groups is 1. The highest BCUT2D eigenvalue weighted by atomic mass is 79.9. The molecule has 0 radical (unpaired) electrons. The van der Waals surface area contributed by atoms with Crippen molar-refractivity contribution in [3.63, 3.8) is 0 Å². The number of benzene rings is 2. The van der Waals surface area contributed by atoms with Gasteiger partial charge in [0.05, 0.1) is 21.2 Å². The van der Waals surface area contributed by atoms with Gasteiger partial charge < -0.3 is 9.94 Å². The van der Waals surface area contributed by atoms with Gasteiger partial charge in [-0.05, 0) is 78.8 Å². The van der Waals surface area contributed by atoms with Gasteiger partial charge in [0.25, 0.3) is 0 Å². The van der Waals surface area contributed by atoms with Crippen LogP contribution in [0.15, 0.2) is 44.9 Å². The second-order valence-electron chi connectivity index (χ2n) is 11.1. The molecule has 0 heterocycles. The van der Waals surface area contributed by atoms with E-state index in [-0.39, 0.29) is 45.3 Å². The average molecular weight is 660 g/mol. The van der Waals surface area contributed by atoms with E-state index in [1.165, 1.54) is 12.1 Å². The molecule has 0 unspecified atom stereocenters. The van der Waals surface area contributed by atoms with Gasteiger partial charge in [0.2, 0.25) is 10.0 Å². The standard InChI is InChI=1S/C28H33BrCl2N2O5S/c1-16(2)17-13-18-19(14-20(17)29)27(3)9-6-10-28(4,26(34)35)24(27)15-23(18)33-38-12-11-32-39(36,37)25-21(30)7-5-8-22(25)31/h5,7-8,13-14,16,24,32H,6,9-12,15H2,1-4H3,(H,34,35)/b33-23+/t24-,27-,28-/m1/s1. The predicted molar refractivity (Wildman–Crippen MR) is 157 cm³/mol. The Kier molecular flexibility index (Phi) is 8.80. The monoisotopic (exact) mass is 658 g/mol. The number of oxime groups is 1. The van der Waals surface area contributed by atoms with Crippen LogP contribution in [0.3, 0.4) is 0 Å². The zero-order valence-electron chi connectivity index (χ0n) is 22.4. The number of fused-ring (bicyclic) bond motifs is 3. The molecule has 212 valence electrons. The van der Waals surface area contributed by atoms with Crippen LogP contribution in [-0.4, -0.2) is 38.4 Å². The minimum Gasteiger partial charge on any atom is -0.481 e. The van der Waals surface area contributed by atoms with Gasteiger partial charge >= 0.3 is 5.97 Å². The maximum atomic E-state index is 12.7. The van der Waals surface area contributed by atoms with E-state index in [1.807, 2.05) is 6.92 Å². The van der Waals surface area contributed by atoms with Crippen molar-refractivity contribution < 1.29 is 23.2 Å². The molecular weight excluding hydrogens is 627 g/mol. The van der Waals surface area contributed by atoms with Crippen molar-refractivity contribution in [1.29, 1.82) is 0 Å². The Morgan fingerprint density at radius 2 is 1.90 bits per heavy atom. The lowest BCUT2D eigenvalue weighted by Gasteiger charge is -2.53. The van der Waals surface area contributed by atoms with Gasteiger partial charge in [-0.15, -0.1) is 0 Å². The number of carboxylic acids is 1. The molecule has 2 aromatic carbocycles. The van der Waals surface area contributed by atoms with Crippen molar-refractivity contribution in [3.05, 3.63) is 61.5 Å². The second-order valence-corrected chi connectivity index (χ2v) is 14.5. The third-order valence-electron chi connectivity index (χ3n) is 8.35. The quantitative estimate of drug-likeness (QED) is 0.232. The molecule has 2 aromatic rings. The van der Waals surface area contributed by atoms with Crippen LogP contribution >= 0.6 is 39.1 Å². The van der Waals surface area contributed by atoms with Gasteiger partial charge in [-0.2, -0.15) is 0 Å². The number of halogens is 3. The fraction of sp³-hybridized carbons (Fsp3) is 0.500. The molecule has 11 heteroatoms. The summed E-state index contributed by atoms with van der Waals surface area (Å²) >= 11 is 15.9. The lowest BCUT2D eigenvalue weighted by Crippen LogP contribution is -2.53. The van der Waals surface area contributed by atoms with Crippen LogP contribution in [0.4, 0.5) is 0 Å². The van der Waals surface area contributed by atoms with Crippen molar-refractivity contribution in [2.24, 2.45) is 16.5 Å². The molecule has 0 bridgehead atoms. The Morgan fingerprint density at radius 1 is 1.23 bits per heavy atom. The SMILES string of the molecule is CC(C)c1cc2c(cc1Br)[C@@]1(C)CCC[C@@](C)(C(=O)O)[C@@H]1C/C2=N\OCCNS(=O)(=O)c1c(Cl)cccc1Cl. The highest BCUT2D eigenvalue weighted by Crippen LogP contribution is 2.58. The first-order valence-electron chi connectivity index (χ1n) is 12.9. The summed E-state index contributed by atoms with van der Waals surface area (Å²) in [5.41, 5.74) is 2.59. The Balaban J connectivity index is 1.62. The molecule has 3 atom stereocenters. The molecule has 0 amide bonds. The van der Waals surface area contributed by atoms with E-state index in [9.17, 15) is 18.3 Å². The highest BCUT2D eigenvalue weighted by Gasteiger charge is 2.56. The average Bonchev–Trinajstić information content (AvgIpc) is 2.84. The Labute approximate surface area is 248 Å². The normalized spacial score (nSPS) is 25.8. The zero-order chi connectivity index (χ0) is 28.8. The van der Waals surface area contributed by atoms with Crippen LogP contribution in [0.5, 0.6) is 0 Å². The van der Waals surface area contributed by atoms with Crippen LogP contribution in [0.2, 0.25) is 10.0 Å². The van der Waals surface area contributed by atoms with E-state index in [0.717, 1.165) is 34.0 Å². The van der Waals surface area contributed by atoms with E-state index in [2.05, 4.69) is 58.7 Å². The van der Waals surface area contributed by atoms with Gasteiger partial charge in [-0.25, -0.2) is 13.1 Å². The van der Waals surface area contributed by atoms with E-state index in [4.69, 9.17) is 28.0 Å². The number of hydrogen-bond acceptors (Lipinski definition) is 5. The predicted octanol–water partition coefficient (Wildman–Crippen LogP) is 7.13. The number of carboxylic acid groups (broad SMARTS) is 1. The van der Waals surface area contributed by atoms with E-state index < -0.39 is 21.4 Å². The first kappa shape index (κ1) is 30.3. The summed E-state index contributed by atoms with van der Waals surface area (Å²) in [4.78, 5) is 17.9. The number of nitrogens with one attached hydrogen (secondary N) is 1. The minimum absolute atomic E-state index is 0.0269. The maximum absolute atomic E-state index is 12.7. The third kappa shape index (κ3) is 5.62. The molecule has 1 saturated carbocycles. The van der Waals surface area contributed by atoms with Gasteiger partial charge in [0, 0.05) is 16.6 Å². The Bertz CT molecular complexity index is 1410. The number of aliphatic carboxylic acids is 1. The van der Waals surface area contributed by atoms with E-state index >= 15 is 0 Å². The van der Waals surface area contributed by atoms with Crippen molar-refractivity contribution in [2.75, 3.05) is 13.2 Å². The molecule has 0 spiro atoms. The van der Waals surface area contributed by atoms with E-state index in [1.54, 1.807) is 6.07 Å². The van der Waals surface area contributed by atoms with E-state index in [0.29, 0.717) is 18.6 Å². The molecule has 4 rings (SSSR count). The topological polar surface area (TPSA) is 105 Å². The molecular formula is C28H33BrCl2N2O5S. The molecule has 0 saturated heterocycles. The summed E-state index contributed by atoms with van der Waals surface area (Å²) in [6, 6.07) is 8.74. The fourth-order valence-corrected chi connectivity index (χ4v) is 9.15. The van der Waals surface area contributed by atoms with Gasteiger partial charge in [-0.1, -0.05) is 77.5 Å². The highest BCUT2D eigenvalue weighted by molar-refractivity contribution is 9.10. The molecule has 1 fully saturated rings. The zero-order valence-corrected chi connectivity index (χ0v) is 26.3. The van der Waals surface area contributed by atoms with Crippen LogP contribution in [0.25, 0.3) is 0 Å². The first-order valence-corrected chi connectivity index (χ1v) is 16.0. The number of rotatable bonds is 8. The molecule has 7 nitrogen and oxygen atoms in total. The van der Waals surface area contributed by atoms with Crippen LogP contribution in [0, 0.1) is 11.3 Å². The largest absolute Gasteiger partial charge is 0.481 e.